The Labute approximate surface area is 133 Å². The predicted octanol–water partition coefficient (Wildman–Crippen LogP) is 0.712. The number of carbonyl (C=O) groups is 3. The van der Waals surface area contributed by atoms with Gasteiger partial charge in [0.15, 0.2) is 0 Å². The van der Waals surface area contributed by atoms with Crippen molar-refractivity contribution < 1.29 is 14.4 Å². The third kappa shape index (κ3) is 4.46. The van der Waals surface area contributed by atoms with Crippen molar-refractivity contribution >= 4 is 29.3 Å². The van der Waals surface area contributed by atoms with E-state index in [0.717, 1.165) is 6.42 Å². The summed E-state index contributed by atoms with van der Waals surface area (Å²) in [4.78, 5) is 35.2. The van der Waals surface area contributed by atoms with Crippen molar-refractivity contribution in [2.24, 2.45) is 5.92 Å². The second kappa shape index (κ2) is 7.79. The van der Waals surface area contributed by atoms with Crippen LogP contribution in [0.3, 0.4) is 0 Å². The van der Waals surface area contributed by atoms with E-state index < -0.39 is 5.92 Å². The molecule has 1 heterocycles. The molecule has 1 fully saturated rings. The number of hydrogen-bond acceptors (Lipinski definition) is 3. The molecular weight excluding hydrogens is 306 g/mol. The van der Waals surface area contributed by atoms with Crippen LogP contribution in [0.2, 0.25) is 5.02 Å². The van der Waals surface area contributed by atoms with E-state index in [1.165, 1.54) is 0 Å². The van der Waals surface area contributed by atoms with Gasteiger partial charge in [0, 0.05) is 30.2 Å². The van der Waals surface area contributed by atoms with Crippen LogP contribution in [0.5, 0.6) is 0 Å². The molecule has 6 nitrogen and oxygen atoms in total. The smallest absolute Gasteiger partial charge is 0.251 e. The Bertz CT molecular complexity index is 560. The van der Waals surface area contributed by atoms with Gasteiger partial charge in [-0.2, -0.15) is 0 Å². The van der Waals surface area contributed by atoms with E-state index in [2.05, 4.69) is 16.0 Å². The molecule has 0 aromatic heterocycles. The Morgan fingerprint density at radius 2 is 1.86 bits per heavy atom. The fourth-order valence-corrected chi connectivity index (χ4v) is 2.34. The van der Waals surface area contributed by atoms with E-state index in [4.69, 9.17) is 11.6 Å². The number of amides is 3. The first-order valence-electron chi connectivity index (χ1n) is 7.17. The summed E-state index contributed by atoms with van der Waals surface area (Å²) in [7, 11) is 0. The lowest BCUT2D eigenvalue weighted by Gasteiger charge is -2.21. The average molecular weight is 324 g/mol. The molecule has 0 spiro atoms. The Morgan fingerprint density at radius 3 is 2.55 bits per heavy atom. The van der Waals surface area contributed by atoms with Gasteiger partial charge in [0.2, 0.25) is 11.8 Å². The highest BCUT2D eigenvalue weighted by atomic mass is 35.5. The summed E-state index contributed by atoms with van der Waals surface area (Å²) in [6.07, 6.45) is 1.37. The second-order valence-electron chi connectivity index (χ2n) is 5.04. The molecule has 1 aromatic rings. The van der Waals surface area contributed by atoms with Crippen LogP contribution in [-0.4, -0.2) is 37.4 Å². The minimum Gasteiger partial charge on any atom is -0.355 e. The molecular formula is C15H18ClN3O3. The summed E-state index contributed by atoms with van der Waals surface area (Å²) in [6, 6.07) is 6.53. The van der Waals surface area contributed by atoms with Gasteiger partial charge in [0.25, 0.3) is 5.91 Å². The van der Waals surface area contributed by atoms with Crippen LogP contribution in [0.15, 0.2) is 24.3 Å². The quantitative estimate of drug-likeness (QED) is 0.551. The van der Waals surface area contributed by atoms with Crippen LogP contribution in [0.1, 0.15) is 23.2 Å². The molecule has 1 aliphatic heterocycles. The van der Waals surface area contributed by atoms with Gasteiger partial charge in [-0.25, -0.2) is 0 Å². The normalized spacial score (nSPS) is 17.5. The van der Waals surface area contributed by atoms with Crippen LogP contribution < -0.4 is 16.0 Å². The van der Waals surface area contributed by atoms with Gasteiger partial charge < -0.3 is 16.0 Å². The van der Waals surface area contributed by atoms with Crippen molar-refractivity contribution in [2.75, 3.05) is 19.6 Å². The molecule has 1 aromatic carbocycles. The Kier molecular flexibility index (Phi) is 5.77. The predicted molar refractivity (Wildman–Crippen MR) is 82.5 cm³/mol. The average Bonchev–Trinajstić information content (AvgIpc) is 2.52. The monoisotopic (exact) mass is 323 g/mol. The van der Waals surface area contributed by atoms with Crippen molar-refractivity contribution in [1.82, 2.24) is 16.0 Å². The van der Waals surface area contributed by atoms with Gasteiger partial charge in [-0.15, -0.1) is 0 Å². The Balaban J connectivity index is 1.70. The van der Waals surface area contributed by atoms with Gasteiger partial charge in [0.05, 0.1) is 0 Å². The topological polar surface area (TPSA) is 87.3 Å². The van der Waals surface area contributed by atoms with Crippen molar-refractivity contribution in [3.63, 3.8) is 0 Å². The highest BCUT2D eigenvalue weighted by molar-refractivity contribution is 6.30. The third-order valence-corrected chi connectivity index (χ3v) is 3.67. The Morgan fingerprint density at radius 1 is 1.18 bits per heavy atom. The lowest BCUT2D eigenvalue weighted by atomic mass is 9.98. The second-order valence-corrected chi connectivity index (χ2v) is 5.48. The fraction of sp³-hybridized carbons (Fsp3) is 0.400. The minimum absolute atomic E-state index is 0.228. The maximum Gasteiger partial charge on any atom is 0.251 e. The molecule has 0 aliphatic carbocycles. The standard InChI is InChI=1S/C15H18ClN3O3/c16-11-5-3-10(4-6-11)13(20)18-8-9-19-15(22)12-2-1-7-17-14(12)21/h3-6,12H,1-2,7-9H2,(H,17,21)(H,18,20)(H,19,22)/t12-/m0/s1. The molecule has 118 valence electrons. The largest absolute Gasteiger partial charge is 0.355 e. The molecule has 0 saturated carbocycles. The van der Waals surface area contributed by atoms with E-state index in [1.54, 1.807) is 24.3 Å². The van der Waals surface area contributed by atoms with Gasteiger partial charge in [0.1, 0.15) is 5.92 Å². The minimum atomic E-state index is -0.624. The number of halogens is 1. The zero-order valence-electron chi connectivity index (χ0n) is 12.0. The molecule has 1 atom stereocenters. The van der Waals surface area contributed by atoms with E-state index in [9.17, 15) is 14.4 Å². The molecule has 3 amide bonds. The molecule has 2 rings (SSSR count). The number of hydrogen-bond donors (Lipinski definition) is 3. The van der Waals surface area contributed by atoms with E-state index >= 15 is 0 Å². The number of nitrogens with one attached hydrogen (secondary N) is 3. The molecule has 1 saturated heterocycles. The summed E-state index contributed by atoms with van der Waals surface area (Å²) >= 11 is 5.75. The van der Waals surface area contributed by atoms with Crippen molar-refractivity contribution in [2.45, 2.75) is 12.8 Å². The van der Waals surface area contributed by atoms with Gasteiger partial charge >= 0.3 is 0 Å². The summed E-state index contributed by atoms with van der Waals surface area (Å²) < 4.78 is 0. The maximum atomic E-state index is 11.9. The first kappa shape index (κ1) is 16.3. The molecule has 0 unspecified atom stereocenters. The van der Waals surface area contributed by atoms with Crippen LogP contribution in [-0.2, 0) is 9.59 Å². The molecule has 7 heteroatoms. The van der Waals surface area contributed by atoms with Gasteiger partial charge in [-0.05, 0) is 37.1 Å². The van der Waals surface area contributed by atoms with Crippen LogP contribution in [0.4, 0.5) is 0 Å². The summed E-state index contributed by atoms with van der Waals surface area (Å²) in [6.45, 7) is 1.20. The molecule has 22 heavy (non-hydrogen) atoms. The Hall–Kier alpha value is -2.08. The zero-order chi connectivity index (χ0) is 15.9. The van der Waals surface area contributed by atoms with Gasteiger partial charge in [-0.1, -0.05) is 11.6 Å². The third-order valence-electron chi connectivity index (χ3n) is 3.42. The van der Waals surface area contributed by atoms with Crippen LogP contribution >= 0.6 is 11.6 Å². The maximum absolute atomic E-state index is 11.9. The van der Waals surface area contributed by atoms with E-state index in [1.807, 2.05) is 0 Å². The first-order chi connectivity index (χ1) is 10.6. The van der Waals surface area contributed by atoms with Crippen molar-refractivity contribution in [3.05, 3.63) is 34.9 Å². The van der Waals surface area contributed by atoms with E-state index in [-0.39, 0.29) is 24.3 Å². The SMILES string of the molecule is O=C(NCCNC(=O)[C@H]1CCCNC1=O)c1ccc(Cl)cc1. The van der Waals surface area contributed by atoms with Crippen molar-refractivity contribution in [3.8, 4) is 0 Å². The summed E-state index contributed by atoms with van der Waals surface area (Å²) in [5.41, 5.74) is 0.502. The number of piperidine rings is 1. The summed E-state index contributed by atoms with van der Waals surface area (Å²) in [5.74, 6) is -1.38. The highest BCUT2D eigenvalue weighted by Crippen LogP contribution is 2.11. The first-order valence-corrected chi connectivity index (χ1v) is 7.55. The van der Waals surface area contributed by atoms with Crippen LogP contribution in [0, 0.1) is 5.92 Å². The van der Waals surface area contributed by atoms with E-state index in [0.29, 0.717) is 30.1 Å². The number of carbonyl (C=O) groups excluding carboxylic acids is 3. The van der Waals surface area contributed by atoms with Gasteiger partial charge in [-0.3, -0.25) is 14.4 Å². The summed E-state index contributed by atoms with van der Waals surface area (Å²) in [5, 5.41) is 8.59. The zero-order valence-corrected chi connectivity index (χ0v) is 12.8. The number of benzene rings is 1. The number of rotatable bonds is 5. The highest BCUT2D eigenvalue weighted by Gasteiger charge is 2.28. The molecule has 1 aliphatic rings. The van der Waals surface area contributed by atoms with Crippen molar-refractivity contribution in [1.29, 1.82) is 0 Å². The lowest BCUT2D eigenvalue weighted by Crippen LogP contribution is -2.46. The lowest BCUT2D eigenvalue weighted by molar-refractivity contribution is -0.136. The fourth-order valence-electron chi connectivity index (χ4n) is 2.21. The molecule has 0 bridgehead atoms. The van der Waals surface area contributed by atoms with Crippen LogP contribution in [0.25, 0.3) is 0 Å². The molecule has 0 radical (unpaired) electrons. The molecule has 3 N–H and O–H groups in total.